The molecule has 176 valence electrons. The van der Waals surface area contributed by atoms with Crippen molar-refractivity contribution in [2.75, 3.05) is 0 Å². The van der Waals surface area contributed by atoms with E-state index in [2.05, 4.69) is 33.8 Å². The average Bonchev–Trinajstić information content (AvgIpc) is 3.05. The van der Waals surface area contributed by atoms with E-state index in [-0.39, 0.29) is 12.0 Å². The van der Waals surface area contributed by atoms with Gasteiger partial charge in [0.15, 0.2) is 0 Å². The van der Waals surface area contributed by atoms with Crippen LogP contribution in [0, 0.1) is 46.3 Å². The fraction of sp³-hybridized carbons (Fsp3) is 0.893. The molecule has 3 N–H and O–H groups in total. The fourth-order valence-corrected chi connectivity index (χ4v) is 9.05. The van der Waals surface area contributed by atoms with Crippen molar-refractivity contribution in [3.05, 3.63) is 11.6 Å². The number of carbonyl (C=O) groups is 1. The summed E-state index contributed by atoms with van der Waals surface area (Å²) in [4.78, 5) is 11.2. The van der Waals surface area contributed by atoms with Crippen molar-refractivity contribution in [3.63, 3.8) is 0 Å². The number of aliphatic hydroxyl groups excluding tert-OH is 1. The summed E-state index contributed by atoms with van der Waals surface area (Å²) in [5, 5.41) is 10.2. The first-order valence-electron chi connectivity index (χ1n) is 13.3. The minimum absolute atomic E-state index is 0.105. The van der Waals surface area contributed by atoms with Gasteiger partial charge >= 0.3 is 0 Å². The Hall–Kier alpha value is -0.830. The number of primary amides is 1. The van der Waals surface area contributed by atoms with Crippen LogP contribution in [-0.4, -0.2) is 17.1 Å². The summed E-state index contributed by atoms with van der Waals surface area (Å²) in [5.74, 6) is 4.48. The van der Waals surface area contributed by atoms with Crippen LogP contribution in [0.2, 0.25) is 0 Å². The molecule has 4 aliphatic carbocycles. The Kier molecular flexibility index (Phi) is 6.65. The molecule has 0 aliphatic heterocycles. The number of rotatable bonds is 7. The molecular formula is C28H47NO2. The second kappa shape index (κ2) is 8.84. The summed E-state index contributed by atoms with van der Waals surface area (Å²) in [5.41, 5.74) is 7.82. The van der Waals surface area contributed by atoms with Crippen molar-refractivity contribution in [1.29, 1.82) is 0 Å². The lowest BCUT2D eigenvalue weighted by Crippen LogP contribution is -2.50. The van der Waals surface area contributed by atoms with Gasteiger partial charge in [0.1, 0.15) is 0 Å². The molecular weight excluding hydrogens is 382 g/mol. The van der Waals surface area contributed by atoms with Gasteiger partial charge in [-0.1, -0.05) is 58.6 Å². The van der Waals surface area contributed by atoms with Crippen LogP contribution in [-0.2, 0) is 4.79 Å². The van der Waals surface area contributed by atoms with Gasteiger partial charge in [-0.25, -0.2) is 0 Å². The monoisotopic (exact) mass is 429 g/mol. The van der Waals surface area contributed by atoms with Gasteiger partial charge in [-0.3, -0.25) is 4.79 Å². The molecule has 0 radical (unpaired) electrons. The molecule has 3 fully saturated rings. The Labute approximate surface area is 190 Å². The highest BCUT2D eigenvalue weighted by molar-refractivity contribution is 5.73. The third kappa shape index (κ3) is 4.25. The van der Waals surface area contributed by atoms with Gasteiger partial charge in [-0.2, -0.15) is 0 Å². The lowest BCUT2D eigenvalue weighted by Gasteiger charge is -2.58. The third-order valence-electron chi connectivity index (χ3n) is 10.7. The molecule has 0 aromatic rings. The fourth-order valence-electron chi connectivity index (χ4n) is 9.05. The predicted octanol–water partition coefficient (Wildman–Crippen LogP) is 6.24. The van der Waals surface area contributed by atoms with Gasteiger partial charge in [0, 0.05) is 6.42 Å². The Morgan fingerprint density at radius 2 is 1.90 bits per heavy atom. The number of hydrogen-bond donors (Lipinski definition) is 2. The lowest BCUT2D eigenvalue weighted by molar-refractivity contribution is -0.118. The molecule has 3 saturated carbocycles. The average molecular weight is 430 g/mol. The van der Waals surface area contributed by atoms with E-state index >= 15 is 0 Å². The van der Waals surface area contributed by atoms with Crippen LogP contribution in [0.15, 0.2) is 11.6 Å². The lowest BCUT2D eigenvalue weighted by atomic mass is 9.47. The minimum atomic E-state index is -0.158. The number of hydrogen-bond acceptors (Lipinski definition) is 2. The van der Waals surface area contributed by atoms with Crippen LogP contribution in [0.5, 0.6) is 0 Å². The van der Waals surface area contributed by atoms with E-state index < -0.39 is 0 Å². The zero-order chi connectivity index (χ0) is 22.4. The largest absolute Gasteiger partial charge is 0.393 e. The Balaban J connectivity index is 1.41. The molecule has 0 bridgehead atoms. The molecule has 31 heavy (non-hydrogen) atoms. The molecule has 4 rings (SSSR count). The molecule has 0 spiro atoms. The van der Waals surface area contributed by atoms with Gasteiger partial charge in [-0.15, -0.1) is 0 Å². The summed E-state index contributed by atoms with van der Waals surface area (Å²) >= 11 is 0. The molecule has 1 amide bonds. The quantitative estimate of drug-likeness (QED) is 0.470. The normalized spacial score (nSPS) is 43.9. The molecule has 3 heteroatoms. The number of allylic oxidation sites excluding steroid dienone is 1. The van der Waals surface area contributed by atoms with E-state index in [1.807, 2.05) is 0 Å². The molecule has 0 aromatic heterocycles. The number of carbonyl (C=O) groups excluding carboxylic acids is 1. The number of fused-ring (bicyclic) bond motifs is 5. The standard InChI is InChI=1S/C28H47NO2/c1-18(16-26(29)31)6-5-7-19(2)23-10-11-24-22-9-8-20-17-21(30)12-14-27(20,3)25(22)13-15-28(23,24)4/h8,18-19,21-25,30H,5-7,9-17H2,1-4H3,(H2,29,31). The first-order valence-corrected chi connectivity index (χ1v) is 13.3. The third-order valence-corrected chi connectivity index (χ3v) is 10.7. The summed E-state index contributed by atoms with van der Waals surface area (Å²) in [7, 11) is 0. The van der Waals surface area contributed by atoms with Crippen LogP contribution in [0.4, 0.5) is 0 Å². The SMILES string of the molecule is CC(CCCC(C)C1CCC2C3CC=C4CC(O)CCC4(C)C3CCC12C)CC(N)=O. The van der Waals surface area contributed by atoms with Crippen molar-refractivity contribution in [2.24, 2.45) is 52.1 Å². The maximum atomic E-state index is 11.2. The second-order valence-electron chi connectivity index (χ2n) is 12.6. The van der Waals surface area contributed by atoms with Crippen LogP contribution in [0.1, 0.15) is 105 Å². The summed E-state index contributed by atoms with van der Waals surface area (Å²) in [6.45, 7) is 9.85. The van der Waals surface area contributed by atoms with E-state index in [9.17, 15) is 9.90 Å². The van der Waals surface area contributed by atoms with Gasteiger partial charge in [0.2, 0.25) is 5.91 Å². The second-order valence-corrected chi connectivity index (χ2v) is 12.6. The summed E-state index contributed by atoms with van der Waals surface area (Å²) in [6, 6.07) is 0. The Morgan fingerprint density at radius 3 is 2.65 bits per heavy atom. The van der Waals surface area contributed by atoms with Crippen molar-refractivity contribution in [1.82, 2.24) is 0 Å². The highest BCUT2D eigenvalue weighted by Crippen LogP contribution is 2.67. The number of aliphatic hydroxyl groups is 1. The van der Waals surface area contributed by atoms with E-state index in [0.717, 1.165) is 48.9 Å². The van der Waals surface area contributed by atoms with Crippen LogP contribution < -0.4 is 5.73 Å². The Bertz CT molecular complexity index is 701. The van der Waals surface area contributed by atoms with Crippen LogP contribution in [0.25, 0.3) is 0 Å². The van der Waals surface area contributed by atoms with E-state index in [4.69, 9.17) is 5.73 Å². The van der Waals surface area contributed by atoms with E-state index in [1.54, 1.807) is 5.57 Å². The van der Waals surface area contributed by atoms with E-state index in [0.29, 0.717) is 23.2 Å². The zero-order valence-corrected chi connectivity index (χ0v) is 20.5. The van der Waals surface area contributed by atoms with Crippen molar-refractivity contribution >= 4 is 5.91 Å². The minimum Gasteiger partial charge on any atom is -0.393 e. The maximum Gasteiger partial charge on any atom is 0.217 e. The van der Waals surface area contributed by atoms with Crippen molar-refractivity contribution in [3.8, 4) is 0 Å². The molecule has 9 atom stereocenters. The van der Waals surface area contributed by atoms with Gasteiger partial charge in [0.25, 0.3) is 0 Å². The summed E-state index contributed by atoms with van der Waals surface area (Å²) < 4.78 is 0. The van der Waals surface area contributed by atoms with Gasteiger partial charge in [0.05, 0.1) is 6.10 Å². The predicted molar refractivity (Wildman–Crippen MR) is 127 cm³/mol. The molecule has 0 aromatic carbocycles. The number of nitrogens with two attached hydrogens (primary N) is 1. The Morgan fingerprint density at radius 1 is 1.13 bits per heavy atom. The highest BCUT2D eigenvalue weighted by Gasteiger charge is 2.59. The topological polar surface area (TPSA) is 63.3 Å². The van der Waals surface area contributed by atoms with E-state index in [1.165, 1.54) is 51.4 Å². The maximum absolute atomic E-state index is 11.2. The smallest absolute Gasteiger partial charge is 0.217 e. The highest BCUT2D eigenvalue weighted by atomic mass is 16.3. The molecule has 3 nitrogen and oxygen atoms in total. The van der Waals surface area contributed by atoms with Crippen LogP contribution in [0.3, 0.4) is 0 Å². The molecule has 0 saturated heterocycles. The number of amides is 1. The molecule has 9 unspecified atom stereocenters. The first kappa shape index (κ1) is 23.3. The van der Waals surface area contributed by atoms with Crippen molar-refractivity contribution in [2.45, 2.75) is 111 Å². The molecule has 4 aliphatic rings. The van der Waals surface area contributed by atoms with Gasteiger partial charge < -0.3 is 10.8 Å². The zero-order valence-electron chi connectivity index (χ0n) is 20.5. The van der Waals surface area contributed by atoms with Gasteiger partial charge in [-0.05, 0) is 97.7 Å². The molecule has 0 heterocycles. The first-order chi connectivity index (χ1) is 14.6. The van der Waals surface area contributed by atoms with Crippen molar-refractivity contribution < 1.29 is 9.90 Å². The van der Waals surface area contributed by atoms with Crippen LogP contribution >= 0.6 is 0 Å². The summed E-state index contributed by atoms with van der Waals surface area (Å²) in [6.07, 6.45) is 16.6.